The molecule has 7 heteroatoms. The van der Waals surface area contributed by atoms with E-state index in [1.807, 2.05) is 36.4 Å². The van der Waals surface area contributed by atoms with Crippen LogP contribution in [-0.2, 0) is 15.1 Å². The summed E-state index contributed by atoms with van der Waals surface area (Å²) in [5, 5.41) is 0. The van der Waals surface area contributed by atoms with Crippen LogP contribution >= 0.6 is 0 Å². The molecule has 0 aromatic heterocycles. The predicted octanol–water partition coefficient (Wildman–Crippen LogP) is 4.00. The van der Waals surface area contributed by atoms with Gasteiger partial charge in [0, 0.05) is 24.4 Å². The van der Waals surface area contributed by atoms with E-state index in [4.69, 9.17) is 26.8 Å². The normalized spacial score (nSPS) is 32.3. The Morgan fingerprint density at radius 2 is 1.97 bits per heavy atom. The van der Waals surface area contributed by atoms with Crippen molar-refractivity contribution in [3.05, 3.63) is 59.4 Å². The van der Waals surface area contributed by atoms with Gasteiger partial charge >= 0.3 is 0 Å². The fourth-order valence-electron chi connectivity index (χ4n) is 5.99. The van der Waals surface area contributed by atoms with Crippen molar-refractivity contribution in [2.75, 3.05) is 13.7 Å². The molecule has 2 atom stereocenters. The Morgan fingerprint density at radius 3 is 2.64 bits per heavy atom. The summed E-state index contributed by atoms with van der Waals surface area (Å²) in [6, 6.07) is 13.4. The van der Waals surface area contributed by atoms with Crippen LogP contribution in [0.2, 0.25) is 0 Å². The molecule has 168 valence electrons. The smallest absolute Gasteiger partial charge is 0.261 e. The first-order chi connectivity index (χ1) is 15.9. The number of carbonyl (C=O) groups is 1. The number of hydrogen-bond acceptors (Lipinski definition) is 5. The Labute approximate surface area is 193 Å². The van der Waals surface area contributed by atoms with Gasteiger partial charge in [0.25, 0.3) is 5.91 Å². The maximum absolute atomic E-state index is 13.6. The van der Waals surface area contributed by atoms with Crippen LogP contribution < -0.4 is 10.5 Å². The van der Waals surface area contributed by atoms with Crippen LogP contribution in [0.5, 0.6) is 5.75 Å². The number of fused-ring (bicyclic) bond motifs is 5. The van der Waals surface area contributed by atoms with Crippen LogP contribution in [0, 0.1) is 12.0 Å². The van der Waals surface area contributed by atoms with Crippen LogP contribution in [0.3, 0.4) is 0 Å². The number of aliphatic imine (C=N–C) groups is 1. The average Bonchev–Trinajstić information content (AvgIpc) is 3.08. The molecule has 1 amide bonds. The molecule has 7 nitrogen and oxygen atoms in total. The highest BCUT2D eigenvalue weighted by molar-refractivity contribution is 6.07. The molecule has 4 aliphatic heterocycles. The molecule has 1 spiro atoms. The van der Waals surface area contributed by atoms with Gasteiger partial charge in [-0.05, 0) is 55.0 Å². The number of hydrogen-bond donors (Lipinski definition) is 1. The summed E-state index contributed by atoms with van der Waals surface area (Å²) in [5.41, 5.74) is 8.10. The molecular formula is C26H26N4O3. The van der Waals surface area contributed by atoms with Crippen LogP contribution in [0.1, 0.15) is 37.7 Å². The highest BCUT2D eigenvalue weighted by Gasteiger charge is 2.58. The minimum atomic E-state index is -1.10. The van der Waals surface area contributed by atoms with Crippen molar-refractivity contribution in [3.63, 3.8) is 0 Å². The van der Waals surface area contributed by atoms with E-state index in [0.29, 0.717) is 30.6 Å². The van der Waals surface area contributed by atoms with E-state index in [9.17, 15) is 4.79 Å². The van der Waals surface area contributed by atoms with Gasteiger partial charge in [-0.3, -0.25) is 9.69 Å². The summed E-state index contributed by atoms with van der Waals surface area (Å²) >= 11 is 0. The fraction of sp³-hybridized carbons (Fsp3) is 0.423. The van der Waals surface area contributed by atoms with E-state index in [-0.39, 0.29) is 23.4 Å². The van der Waals surface area contributed by atoms with E-state index >= 15 is 0 Å². The van der Waals surface area contributed by atoms with Crippen molar-refractivity contribution in [2.24, 2.45) is 16.1 Å². The second kappa shape index (κ2) is 7.06. The van der Waals surface area contributed by atoms with Crippen molar-refractivity contribution in [1.82, 2.24) is 4.90 Å². The Morgan fingerprint density at radius 1 is 1.18 bits per heavy atom. The zero-order valence-corrected chi connectivity index (χ0v) is 18.6. The summed E-state index contributed by atoms with van der Waals surface area (Å²) in [6.45, 7) is 7.99. The van der Waals surface area contributed by atoms with Crippen molar-refractivity contribution >= 4 is 17.6 Å². The summed E-state index contributed by atoms with van der Waals surface area (Å²) in [6.07, 6.45) is 4.79. The zero-order chi connectivity index (χ0) is 22.8. The first-order valence-electron chi connectivity index (χ1n) is 11.5. The lowest BCUT2D eigenvalue weighted by atomic mass is 9.64. The molecule has 1 aliphatic carbocycles. The third-order valence-corrected chi connectivity index (χ3v) is 8.01. The number of benzene rings is 2. The number of carbonyl (C=O) groups excluding carboxylic acids is 1. The van der Waals surface area contributed by atoms with Gasteiger partial charge in [0.2, 0.25) is 0 Å². The number of nitrogens with zero attached hydrogens (tertiary/aromatic N) is 3. The maximum Gasteiger partial charge on any atom is 0.261 e. The van der Waals surface area contributed by atoms with Gasteiger partial charge in [-0.25, -0.2) is 9.84 Å². The molecule has 2 saturated heterocycles. The Hall–Kier alpha value is -3.37. The van der Waals surface area contributed by atoms with E-state index < -0.39 is 5.54 Å². The molecule has 33 heavy (non-hydrogen) atoms. The number of ether oxygens (including phenoxy) is 2. The summed E-state index contributed by atoms with van der Waals surface area (Å²) < 4.78 is 12.7. The predicted molar refractivity (Wildman–Crippen MR) is 124 cm³/mol. The molecule has 5 aliphatic rings. The van der Waals surface area contributed by atoms with Gasteiger partial charge in [-0.1, -0.05) is 24.3 Å². The number of guanidine groups is 1. The number of nitrogens with two attached hydrogens (primary N) is 1. The lowest BCUT2D eigenvalue weighted by molar-refractivity contribution is -0.164. The lowest BCUT2D eigenvalue weighted by Crippen LogP contribution is -2.56. The molecule has 4 heterocycles. The first-order valence-corrected chi connectivity index (χ1v) is 11.5. The number of amides is 1. The van der Waals surface area contributed by atoms with Crippen LogP contribution in [0.25, 0.3) is 16.0 Å². The Bertz CT molecular complexity index is 1210. The van der Waals surface area contributed by atoms with E-state index in [1.54, 1.807) is 13.1 Å². The number of likely N-dealkylation sites (N-methyl/N-ethyl adjacent to an activating group) is 1. The van der Waals surface area contributed by atoms with Gasteiger partial charge in [-0.2, -0.15) is 0 Å². The molecule has 1 saturated carbocycles. The van der Waals surface area contributed by atoms with Crippen molar-refractivity contribution in [2.45, 2.75) is 49.9 Å². The molecule has 7 rings (SSSR count). The zero-order valence-electron chi connectivity index (χ0n) is 18.6. The molecular weight excluding hydrogens is 416 g/mol. The maximum atomic E-state index is 13.6. The van der Waals surface area contributed by atoms with Crippen LogP contribution in [0.15, 0.2) is 47.5 Å². The second-order valence-corrected chi connectivity index (χ2v) is 9.75. The van der Waals surface area contributed by atoms with Gasteiger partial charge in [0.1, 0.15) is 11.9 Å². The highest BCUT2D eigenvalue weighted by atomic mass is 16.5. The Kier molecular flexibility index (Phi) is 4.33. The molecule has 3 fully saturated rings. The molecule has 2 N–H and O–H groups in total. The number of rotatable bonds is 2. The molecule has 2 bridgehead atoms. The summed E-state index contributed by atoms with van der Waals surface area (Å²) in [7, 11) is 1.68. The van der Waals surface area contributed by atoms with E-state index in [0.717, 1.165) is 42.4 Å². The Balaban J connectivity index is 1.48. The SMILES string of the molecule is [C-]#[N+]c1cccc(-c2ccc3c(c2)C2(CC(C45CCC(CC4)OC5)O3)N=C(N)N(C)C2=O)c1. The monoisotopic (exact) mass is 442 g/mol. The van der Waals surface area contributed by atoms with Gasteiger partial charge in [-0.15, -0.1) is 0 Å². The molecule has 2 aromatic rings. The van der Waals surface area contributed by atoms with Crippen molar-refractivity contribution in [1.29, 1.82) is 0 Å². The molecule has 2 unspecified atom stereocenters. The minimum absolute atomic E-state index is 0.103. The molecule has 2 aromatic carbocycles. The van der Waals surface area contributed by atoms with Gasteiger partial charge in [0.05, 0.1) is 19.3 Å². The average molecular weight is 443 g/mol. The highest BCUT2D eigenvalue weighted by Crippen LogP contribution is 2.55. The van der Waals surface area contributed by atoms with Gasteiger partial charge in [0.15, 0.2) is 17.2 Å². The quantitative estimate of drug-likeness (QED) is 0.713. The van der Waals surface area contributed by atoms with Gasteiger partial charge < -0.3 is 15.2 Å². The largest absolute Gasteiger partial charge is 0.489 e. The van der Waals surface area contributed by atoms with Crippen LogP contribution in [0.4, 0.5) is 5.69 Å². The molecule has 0 radical (unpaired) electrons. The fourth-order valence-corrected chi connectivity index (χ4v) is 5.99. The second-order valence-electron chi connectivity index (χ2n) is 9.75. The summed E-state index contributed by atoms with van der Waals surface area (Å²) in [5.74, 6) is 0.787. The standard InChI is InChI=1S/C26H26N4O3/c1-28-18-5-3-4-16(12-18)17-6-7-21-20(13-17)26(23(31)30(2)24(27)29-26)14-22(33-21)25-10-8-19(9-11-25)32-15-25/h3-7,12-13,19,22H,8-11,14-15H2,2H3,(H2,27,29). The minimum Gasteiger partial charge on any atom is -0.489 e. The van der Waals surface area contributed by atoms with E-state index in [1.165, 1.54) is 4.90 Å². The third-order valence-electron chi connectivity index (χ3n) is 8.01. The third kappa shape index (κ3) is 2.90. The van der Waals surface area contributed by atoms with E-state index in [2.05, 4.69) is 4.85 Å². The van der Waals surface area contributed by atoms with Crippen molar-refractivity contribution in [3.8, 4) is 16.9 Å². The first kappa shape index (κ1) is 20.3. The topological polar surface area (TPSA) is 81.5 Å². The lowest BCUT2D eigenvalue weighted by Gasteiger charge is -2.52. The van der Waals surface area contributed by atoms with Crippen molar-refractivity contribution < 1.29 is 14.3 Å². The van der Waals surface area contributed by atoms with Crippen LogP contribution in [-0.4, -0.2) is 42.6 Å². The summed E-state index contributed by atoms with van der Waals surface area (Å²) in [4.78, 5) is 23.4.